The van der Waals surface area contributed by atoms with E-state index in [0.717, 1.165) is 26.1 Å². The number of carbonyl (C=O) groups excluding carboxylic acids is 1. The van der Waals surface area contributed by atoms with Gasteiger partial charge in [0.2, 0.25) is 0 Å². The fourth-order valence-electron chi connectivity index (χ4n) is 3.30. The molecule has 0 bridgehead atoms. The third-order valence-corrected chi connectivity index (χ3v) is 4.66. The van der Waals surface area contributed by atoms with Crippen LogP contribution in [0, 0.1) is 34.0 Å². The van der Waals surface area contributed by atoms with Gasteiger partial charge in [-0.05, 0) is 6.42 Å². The van der Waals surface area contributed by atoms with Gasteiger partial charge in [-0.15, -0.1) is 0 Å². The third-order valence-electron chi connectivity index (χ3n) is 4.38. The van der Waals surface area contributed by atoms with Crippen LogP contribution >= 0.6 is 0 Å². The van der Waals surface area contributed by atoms with E-state index < -0.39 is 17.3 Å². The van der Waals surface area contributed by atoms with Crippen LogP contribution in [0.5, 0.6) is 0 Å². The molecule has 20 heavy (non-hydrogen) atoms. The summed E-state index contributed by atoms with van der Waals surface area (Å²) in [4.78, 5) is 13.4. The Morgan fingerprint density at radius 1 is 1.45 bits per heavy atom. The minimum atomic E-state index is -0.910. The Balaban J connectivity index is 2.35. The van der Waals surface area contributed by atoms with Crippen LogP contribution in [0.15, 0.2) is 10.7 Å². The van der Waals surface area contributed by atoms with Crippen molar-refractivity contribution in [3.8, 4) is 12.1 Å². The van der Waals surface area contributed by atoms with Gasteiger partial charge in [-0.2, -0.15) is 10.5 Å². The zero-order valence-corrected chi connectivity index (χ0v) is 12.3. The van der Waals surface area contributed by atoms with Crippen LogP contribution in [0.25, 0.3) is 0 Å². The van der Waals surface area contributed by atoms with E-state index in [1.165, 1.54) is 4.90 Å². The molecule has 0 aromatic heterocycles. The van der Waals surface area contributed by atoms with Crippen molar-refractivity contribution < 1.29 is 14.4 Å². The highest BCUT2D eigenvalue weighted by Gasteiger charge is 2.53. The largest absolute Gasteiger partial charge is 0.741 e. The van der Waals surface area contributed by atoms with E-state index in [1.807, 2.05) is 6.07 Å². The van der Waals surface area contributed by atoms with E-state index in [1.54, 1.807) is 0 Å². The number of nitrogens with zero attached hydrogens (tertiary/aromatic N) is 2. The number of cyclic esters (lactones) is 1. The maximum absolute atomic E-state index is 11.9. The third kappa shape index (κ3) is 2.26. The molecule has 0 aliphatic carbocycles. The molecule has 1 N–H and O–H groups in total. The van der Waals surface area contributed by atoms with Crippen molar-refractivity contribution >= 4 is 18.6 Å². The number of carbonyl (C=O) groups is 1. The highest BCUT2D eigenvalue weighted by Crippen LogP contribution is 2.47. The first kappa shape index (κ1) is 14.8. The summed E-state index contributed by atoms with van der Waals surface area (Å²) in [7, 11) is 0. The smallest absolute Gasteiger partial charge is 0.327 e. The van der Waals surface area contributed by atoms with Gasteiger partial charge >= 0.3 is 5.97 Å². The van der Waals surface area contributed by atoms with Crippen molar-refractivity contribution in [1.82, 2.24) is 0 Å². The van der Waals surface area contributed by atoms with Crippen LogP contribution < -0.4 is 4.90 Å². The average molecular weight is 291 g/mol. The molecule has 1 saturated heterocycles. The van der Waals surface area contributed by atoms with Crippen LogP contribution in [0.4, 0.5) is 0 Å². The Labute approximate surface area is 124 Å². The lowest BCUT2D eigenvalue weighted by Crippen LogP contribution is -3.13. The molecule has 106 valence electrons. The summed E-state index contributed by atoms with van der Waals surface area (Å²) in [6.07, 6.45) is 2.37. The van der Waals surface area contributed by atoms with Crippen LogP contribution in [0.2, 0.25) is 0 Å². The molecule has 1 spiro atoms. The number of esters is 1. The van der Waals surface area contributed by atoms with Gasteiger partial charge in [-0.3, -0.25) is 4.79 Å². The lowest BCUT2D eigenvalue weighted by molar-refractivity contribution is -0.907. The maximum Gasteiger partial charge on any atom is 0.327 e. The zero-order valence-electron chi connectivity index (χ0n) is 11.4. The SMILES string of the molecule is CCC[NH+]1CCC2(CC1)C(C#N)=C([S-])OC(=O)C2C#N. The van der Waals surface area contributed by atoms with Crippen molar-refractivity contribution in [3.05, 3.63) is 10.7 Å². The highest BCUT2D eigenvalue weighted by atomic mass is 32.1. The van der Waals surface area contributed by atoms with Crippen LogP contribution in [0.1, 0.15) is 26.2 Å². The first-order valence-corrected chi connectivity index (χ1v) is 7.26. The van der Waals surface area contributed by atoms with Crippen molar-refractivity contribution in [2.75, 3.05) is 19.6 Å². The lowest BCUT2D eigenvalue weighted by Gasteiger charge is -2.45. The van der Waals surface area contributed by atoms with E-state index in [-0.39, 0.29) is 5.09 Å². The number of piperidine rings is 1. The number of hydrogen-bond acceptors (Lipinski definition) is 5. The summed E-state index contributed by atoms with van der Waals surface area (Å²) in [6.45, 7) is 4.92. The fourth-order valence-corrected chi connectivity index (χ4v) is 3.63. The first-order chi connectivity index (χ1) is 9.58. The van der Waals surface area contributed by atoms with Gasteiger partial charge in [0.1, 0.15) is 0 Å². The topological polar surface area (TPSA) is 78.3 Å². The van der Waals surface area contributed by atoms with Gasteiger partial charge in [-0.25, -0.2) is 0 Å². The minimum absolute atomic E-state index is 0.0389. The number of ether oxygens (including phenoxy) is 1. The molecule has 2 heterocycles. The molecule has 5 nitrogen and oxygen atoms in total. The van der Waals surface area contributed by atoms with Crippen molar-refractivity contribution in [1.29, 1.82) is 10.5 Å². The molecule has 2 aliphatic heterocycles. The summed E-state index contributed by atoms with van der Waals surface area (Å²) < 4.78 is 4.90. The summed E-state index contributed by atoms with van der Waals surface area (Å²) in [5, 5.41) is 18.7. The second kappa shape index (κ2) is 5.78. The number of hydrogen-bond donors (Lipinski definition) is 1. The van der Waals surface area contributed by atoms with E-state index in [9.17, 15) is 15.3 Å². The van der Waals surface area contributed by atoms with Crippen molar-refractivity contribution in [2.24, 2.45) is 11.3 Å². The van der Waals surface area contributed by atoms with Crippen molar-refractivity contribution in [2.45, 2.75) is 26.2 Å². The molecule has 0 aromatic rings. The van der Waals surface area contributed by atoms with Gasteiger partial charge in [0.05, 0.1) is 37.3 Å². The second-order valence-electron chi connectivity index (χ2n) is 5.41. The molecule has 0 amide bonds. The summed E-state index contributed by atoms with van der Waals surface area (Å²) in [6, 6.07) is 4.11. The average Bonchev–Trinajstić information content (AvgIpc) is 2.42. The van der Waals surface area contributed by atoms with Crippen LogP contribution in [-0.4, -0.2) is 25.6 Å². The van der Waals surface area contributed by atoms with E-state index in [2.05, 4.69) is 13.0 Å². The van der Waals surface area contributed by atoms with E-state index in [0.29, 0.717) is 18.4 Å². The summed E-state index contributed by atoms with van der Waals surface area (Å²) in [5.41, 5.74) is -0.415. The maximum atomic E-state index is 11.9. The molecule has 0 aromatic carbocycles. The molecule has 2 aliphatic rings. The van der Waals surface area contributed by atoms with Gasteiger partial charge in [0, 0.05) is 23.3 Å². The van der Waals surface area contributed by atoms with Gasteiger partial charge in [0.25, 0.3) is 0 Å². The lowest BCUT2D eigenvalue weighted by atomic mass is 9.64. The molecular formula is C14H17N3O2S. The number of nitrogens with one attached hydrogen (secondary N) is 1. The monoisotopic (exact) mass is 291 g/mol. The standard InChI is InChI=1S/C14H17N3O2S/c1-2-5-17-6-3-14(4-7-17)10(8-15)12(18)19-13(20)11(14)9-16/h10,20H,2-7H2,1H3. The van der Waals surface area contributed by atoms with Gasteiger partial charge < -0.3 is 22.3 Å². The fraction of sp³-hybridized carbons (Fsp3) is 0.643. The Morgan fingerprint density at radius 2 is 2.10 bits per heavy atom. The number of allylic oxidation sites excluding steroid dienone is 1. The number of rotatable bonds is 2. The second-order valence-corrected chi connectivity index (χ2v) is 5.78. The van der Waals surface area contributed by atoms with Crippen LogP contribution in [0.3, 0.4) is 0 Å². The normalized spacial score (nSPS) is 33.5. The predicted octanol–water partition coefficient (Wildman–Crippen LogP) is 0.0402. The molecule has 1 atom stereocenters. The Bertz CT molecular complexity index is 522. The first-order valence-electron chi connectivity index (χ1n) is 6.85. The predicted molar refractivity (Wildman–Crippen MR) is 72.7 cm³/mol. The zero-order chi connectivity index (χ0) is 14.8. The summed E-state index contributed by atoms with van der Waals surface area (Å²) in [5.74, 6) is -1.51. The Hall–Kier alpha value is -1.63. The Morgan fingerprint density at radius 3 is 2.60 bits per heavy atom. The molecule has 1 fully saturated rings. The molecule has 0 saturated carbocycles. The number of nitriles is 2. The van der Waals surface area contributed by atoms with E-state index in [4.69, 9.17) is 17.4 Å². The minimum Gasteiger partial charge on any atom is -0.741 e. The van der Waals surface area contributed by atoms with Gasteiger partial charge in [-0.1, -0.05) is 6.92 Å². The molecular weight excluding hydrogens is 274 g/mol. The number of quaternary nitrogens is 1. The molecule has 6 heteroatoms. The number of likely N-dealkylation sites (tertiary alicyclic amines) is 1. The van der Waals surface area contributed by atoms with E-state index >= 15 is 0 Å². The van der Waals surface area contributed by atoms with Crippen molar-refractivity contribution in [3.63, 3.8) is 0 Å². The molecule has 1 unspecified atom stereocenters. The quantitative estimate of drug-likeness (QED) is 0.574. The van der Waals surface area contributed by atoms with Crippen LogP contribution in [-0.2, 0) is 22.2 Å². The summed E-state index contributed by atoms with van der Waals surface area (Å²) >= 11 is 5.02. The van der Waals surface area contributed by atoms with Gasteiger partial charge in [0.15, 0.2) is 5.92 Å². The Kier molecular flexibility index (Phi) is 4.27. The molecule has 0 radical (unpaired) electrons. The highest BCUT2D eigenvalue weighted by molar-refractivity contribution is 7.63. The molecule has 2 rings (SSSR count).